The molecule has 11 rings (SSSR count). The lowest BCUT2D eigenvalue weighted by atomic mass is 9.50. The molecule has 428 valence electrons. The Hall–Kier alpha value is -3.45. The molecule has 0 radical (unpaired) electrons. The molecule has 2 heterocycles. The largest absolute Gasteiger partial charge is 0.462 e. The zero-order valence-corrected chi connectivity index (χ0v) is 50.1. The highest BCUT2D eigenvalue weighted by Gasteiger charge is 2.60. The summed E-state index contributed by atoms with van der Waals surface area (Å²) in [6, 6.07) is 9.51. The van der Waals surface area contributed by atoms with Crippen LogP contribution in [0.25, 0.3) is 0 Å². The molecule has 13 heteroatoms. The van der Waals surface area contributed by atoms with Gasteiger partial charge in [0.25, 0.3) is 0 Å². The van der Waals surface area contributed by atoms with Crippen LogP contribution >= 0.6 is 0 Å². The van der Waals surface area contributed by atoms with Gasteiger partial charge in [-0.2, -0.15) is 0 Å². The molecular weight excluding hydrogens is 981 g/mol. The van der Waals surface area contributed by atoms with Gasteiger partial charge in [-0.25, -0.2) is 0 Å². The monoisotopic (exact) mass is 1080 g/mol. The number of carbonyl (C=O) groups excluding carboxylic acids is 6. The van der Waals surface area contributed by atoms with Gasteiger partial charge in [0.15, 0.2) is 5.75 Å². The molecule has 10 aliphatic rings. The molecular formula is C63H99O12S+. The van der Waals surface area contributed by atoms with E-state index in [1.165, 1.54) is 38.5 Å². The van der Waals surface area contributed by atoms with E-state index in [0.717, 1.165) is 86.7 Å². The van der Waals surface area contributed by atoms with Crippen molar-refractivity contribution in [1.82, 2.24) is 0 Å². The van der Waals surface area contributed by atoms with Gasteiger partial charge >= 0.3 is 29.8 Å². The summed E-state index contributed by atoms with van der Waals surface area (Å²) in [6.07, 6.45) is 16.9. The van der Waals surface area contributed by atoms with E-state index in [1.54, 1.807) is 0 Å². The maximum absolute atomic E-state index is 12.5. The number of esters is 5. The Morgan fingerprint density at radius 1 is 0.618 bits per heavy atom. The van der Waals surface area contributed by atoms with Crippen molar-refractivity contribution in [2.45, 2.75) is 241 Å². The molecule has 8 saturated carbocycles. The van der Waals surface area contributed by atoms with Crippen LogP contribution in [0.3, 0.4) is 0 Å². The van der Waals surface area contributed by atoms with E-state index in [9.17, 15) is 33.9 Å². The summed E-state index contributed by atoms with van der Waals surface area (Å²) < 4.78 is 27.8. The Morgan fingerprint density at radius 2 is 1.07 bits per heavy atom. The van der Waals surface area contributed by atoms with Crippen molar-refractivity contribution in [2.24, 2.45) is 57.2 Å². The van der Waals surface area contributed by atoms with Gasteiger partial charge in [-0.3, -0.25) is 28.8 Å². The van der Waals surface area contributed by atoms with Gasteiger partial charge in [-0.1, -0.05) is 58.0 Å². The van der Waals surface area contributed by atoms with Gasteiger partial charge in [-0.15, -0.1) is 0 Å². The van der Waals surface area contributed by atoms with Gasteiger partial charge in [0.05, 0.1) is 33.7 Å². The number of hydrogen-bond acceptors (Lipinski definition) is 12. The summed E-state index contributed by atoms with van der Waals surface area (Å²) >= 11 is 0. The van der Waals surface area contributed by atoms with Crippen molar-refractivity contribution >= 4 is 46.5 Å². The maximum atomic E-state index is 12.5. The summed E-state index contributed by atoms with van der Waals surface area (Å²) in [5.41, 5.74) is -2.31. The summed E-state index contributed by atoms with van der Waals surface area (Å²) in [6.45, 7) is 27.9. The van der Waals surface area contributed by atoms with Crippen molar-refractivity contribution in [3.8, 4) is 0 Å². The Labute approximate surface area is 460 Å². The fraction of sp³-hybridized carbons (Fsp3) is 0.810. The fourth-order valence-electron chi connectivity index (χ4n) is 13.1. The molecule has 1 aromatic rings. The number of Topliss-reactive ketones (excluding diaryl/α,β-unsaturated/α-hetero) is 1. The van der Waals surface area contributed by atoms with Crippen molar-refractivity contribution in [2.75, 3.05) is 23.9 Å². The van der Waals surface area contributed by atoms with Crippen LogP contribution in [0.1, 0.15) is 223 Å². The number of aliphatic hydroxyl groups is 1. The number of ketones is 1. The first-order chi connectivity index (χ1) is 35.3. The molecule has 1 aromatic carbocycles. The summed E-state index contributed by atoms with van der Waals surface area (Å²) in [4.78, 5) is 71.8. The topological polar surface area (TPSA) is 169 Å². The Balaban J connectivity index is 0.000000167. The normalized spacial score (nSPS) is 34.0. The number of rotatable bonds is 15. The van der Waals surface area contributed by atoms with Gasteiger partial charge in [0.2, 0.25) is 5.78 Å². The van der Waals surface area contributed by atoms with Crippen LogP contribution in [-0.4, -0.2) is 93.1 Å². The highest BCUT2D eigenvalue weighted by Crippen LogP contribution is 2.61. The van der Waals surface area contributed by atoms with Crippen LogP contribution in [0.2, 0.25) is 0 Å². The third kappa shape index (κ3) is 15.1. The smallest absolute Gasteiger partial charge is 0.312 e. The van der Waals surface area contributed by atoms with E-state index >= 15 is 0 Å². The average Bonchev–Trinajstić information content (AvgIpc) is 3.77. The second-order valence-electron chi connectivity index (χ2n) is 27.8. The van der Waals surface area contributed by atoms with Crippen molar-refractivity contribution in [3.05, 3.63) is 35.9 Å². The lowest BCUT2D eigenvalue weighted by Crippen LogP contribution is -2.61. The Morgan fingerprint density at radius 3 is 1.51 bits per heavy atom. The highest BCUT2D eigenvalue weighted by atomic mass is 32.2. The number of cyclic esters (lactones) is 1. The molecule has 1 N–H and O–H groups in total. The fourth-order valence-corrected chi connectivity index (χ4v) is 15.6. The van der Waals surface area contributed by atoms with E-state index in [4.69, 9.17) is 23.7 Å². The van der Waals surface area contributed by atoms with E-state index in [-0.39, 0.29) is 87.9 Å². The van der Waals surface area contributed by atoms with Gasteiger partial charge in [-0.05, 0) is 206 Å². The molecule has 12 nitrogen and oxygen atoms in total. The molecule has 2 aliphatic heterocycles. The molecule has 0 aromatic heterocycles. The van der Waals surface area contributed by atoms with Crippen LogP contribution in [0.5, 0.6) is 0 Å². The number of hydrogen-bond donors (Lipinski definition) is 1. The molecule has 3 atom stereocenters. The van der Waals surface area contributed by atoms with Crippen LogP contribution < -0.4 is 0 Å². The first kappa shape index (κ1) is 61.8. The molecule has 8 aliphatic carbocycles. The number of benzene rings is 1. The van der Waals surface area contributed by atoms with Crippen LogP contribution in [0, 0.1) is 57.2 Å². The first-order valence-electron chi connectivity index (χ1n) is 29.3. The van der Waals surface area contributed by atoms with Gasteiger partial charge in [0.1, 0.15) is 41.0 Å². The molecule has 2 saturated heterocycles. The van der Waals surface area contributed by atoms with Crippen LogP contribution in [-0.2, 0) is 58.6 Å². The predicted molar refractivity (Wildman–Crippen MR) is 298 cm³/mol. The van der Waals surface area contributed by atoms with E-state index in [1.807, 2.05) is 113 Å². The van der Waals surface area contributed by atoms with Crippen molar-refractivity contribution < 1.29 is 57.6 Å². The summed E-state index contributed by atoms with van der Waals surface area (Å²) in [7, 11) is 0.0996. The first-order valence-corrected chi connectivity index (χ1v) is 31.1. The number of ether oxygens (including phenoxy) is 5. The molecule has 3 unspecified atom stereocenters. The van der Waals surface area contributed by atoms with Crippen molar-refractivity contribution in [3.63, 3.8) is 0 Å². The third-order valence-corrected chi connectivity index (χ3v) is 22.0. The lowest BCUT2D eigenvalue weighted by Gasteiger charge is -2.59. The predicted octanol–water partition coefficient (Wildman–Crippen LogP) is 12.5. The molecule has 10 fully saturated rings. The minimum atomic E-state index is -0.555. The second-order valence-corrected chi connectivity index (χ2v) is 30.1. The third-order valence-electron chi connectivity index (χ3n) is 19.8. The molecule has 76 heavy (non-hydrogen) atoms. The Bertz CT molecular complexity index is 2160. The molecule has 8 bridgehead atoms. The minimum Gasteiger partial charge on any atom is -0.462 e. The molecule has 0 spiro atoms. The highest BCUT2D eigenvalue weighted by molar-refractivity contribution is 7.97. The second kappa shape index (κ2) is 24.1. The standard InChI is InChI=1S/C20H29O3S.C17H28O2.C16H26O3.C10H16O4/c1-5-19(2,3)18(22)23-20(4)11-13-24(14-12-20)15-17(21)16-9-7-6-8-10-16;1-5-16(2,3)15(18)19-17(4)13-7-11-6-12(9-13)10-14(17)8-11;1-4-14(2,3)13(17)19-16-8-11-5-12(9-16)7-15(18,6-11)10-16;1-4-10(2,3)9(12)14-7-5-8(11)13-6-7/h6-10H,5,11-15H2,1-4H3;11-14H,5-10H2,1-4H3;11-12,18H,4-10H2,1-3H3;7H,4-6H2,1-3H3/q+1;;;. The lowest BCUT2D eigenvalue weighted by molar-refractivity contribution is -0.225. The average molecular weight is 1080 g/mol. The van der Waals surface area contributed by atoms with Crippen LogP contribution in [0.4, 0.5) is 0 Å². The number of carbonyl (C=O) groups is 6. The van der Waals surface area contributed by atoms with E-state index in [2.05, 4.69) is 13.8 Å². The van der Waals surface area contributed by atoms with E-state index in [0.29, 0.717) is 42.3 Å². The zero-order chi connectivity index (χ0) is 56.3. The Kier molecular flexibility index (Phi) is 19.6. The van der Waals surface area contributed by atoms with Gasteiger partial charge < -0.3 is 28.8 Å². The molecule has 0 amide bonds. The van der Waals surface area contributed by atoms with Crippen molar-refractivity contribution in [1.29, 1.82) is 0 Å². The summed E-state index contributed by atoms with van der Waals surface area (Å²) in [5.74, 6) is 6.28. The summed E-state index contributed by atoms with van der Waals surface area (Å²) in [5, 5.41) is 10.6. The SMILES string of the molecule is CCC(C)(C)C(=O)OC1(C)C2CC3CC(C2)CC1C3.CCC(C)(C)C(=O)OC1(C)CC[S+](CC(=O)c2ccccc2)CC1.CCC(C)(C)C(=O)OC12CC3CC(CC(O)(C3)C1)C2.CCC(C)(C)C(=O)OC1COC(=O)C1. The minimum absolute atomic E-state index is 0.0185. The van der Waals surface area contributed by atoms with E-state index < -0.39 is 21.8 Å². The quantitative estimate of drug-likeness (QED) is 0.0765. The maximum Gasteiger partial charge on any atom is 0.312 e. The van der Waals surface area contributed by atoms with Crippen LogP contribution in [0.15, 0.2) is 30.3 Å². The zero-order valence-electron chi connectivity index (χ0n) is 49.3. The van der Waals surface area contributed by atoms with Gasteiger partial charge in [0, 0.05) is 24.8 Å².